The zero-order valence-corrected chi connectivity index (χ0v) is 19.9. The first-order valence-corrected chi connectivity index (χ1v) is 11.2. The summed E-state index contributed by atoms with van der Waals surface area (Å²) in [5.41, 5.74) is 1.61. The average Bonchev–Trinajstić information content (AvgIpc) is 2.82. The van der Waals surface area contributed by atoms with E-state index in [1.807, 2.05) is 18.2 Å². The van der Waals surface area contributed by atoms with Gasteiger partial charge >= 0.3 is 0 Å². The molecule has 1 fully saturated rings. The number of hydrogen-bond acceptors (Lipinski definition) is 8. The third-order valence-electron chi connectivity index (χ3n) is 6.23. The van der Waals surface area contributed by atoms with Crippen molar-refractivity contribution in [3.05, 3.63) is 51.4 Å². The molecule has 9 nitrogen and oxygen atoms in total. The molecule has 1 aromatic carbocycles. The smallest absolute Gasteiger partial charge is 0.259 e. The normalized spacial score (nSPS) is 16.0. The summed E-state index contributed by atoms with van der Waals surface area (Å²) in [7, 11) is 4.75. The molecule has 0 radical (unpaired) electrons. The Morgan fingerprint density at radius 2 is 1.70 bits per heavy atom. The molecule has 1 saturated heterocycles. The van der Waals surface area contributed by atoms with Crippen LogP contribution in [0.25, 0.3) is 0 Å². The van der Waals surface area contributed by atoms with Gasteiger partial charge in [0.15, 0.2) is 11.5 Å². The Kier molecular flexibility index (Phi) is 8.74. The van der Waals surface area contributed by atoms with Crippen LogP contribution >= 0.6 is 0 Å². The zero-order valence-electron chi connectivity index (χ0n) is 19.9. The van der Waals surface area contributed by atoms with Crippen molar-refractivity contribution in [2.45, 2.75) is 19.5 Å². The molecule has 0 saturated carbocycles. The summed E-state index contributed by atoms with van der Waals surface area (Å²) in [6.45, 7) is 6.22. The number of hydrogen-bond donors (Lipinski definition) is 2. The lowest BCUT2D eigenvalue weighted by molar-refractivity contribution is 0.0930. The predicted octanol–water partition coefficient (Wildman–Crippen LogP) is 1.23. The summed E-state index contributed by atoms with van der Waals surface area (Å²) in [4.78, 5) is 18.0. The standard InChI is InChI=1S/C24H35N3O6/c1-17-15-19(29)22(24(30)27(17)12-14-31-2)23(26-9-7-25(8-10-26)11-13-28)18-5-6-20(32-3)21(16-18)33-4/h5-6,15-16,23,28-29H,7-14H2,1-4H3/t23-/m0/s1. The van der Waals surface area contributed by atoms with Crippen LogP contribution in [-0.2, 0) is 11.3 Å². The fraction of sp³-hybridized carbons (Fsp3) is 0.542. The number of aromatic hydroxyl groups is 1. The summed E-state index contributed by atoms with van der Waals surface area (Å²) in [6, 6.07) is 6.76. The lowest BCUT2D eigenvalue weighted by atomic mass is 9.95. The number of aryl methyl sites for hydroxylation is 1. The third kappa shape index (κ3) is 5.50. The van der Waals surface area contributed by atoms with Gasteiger partial charge in [-0.25, -0.2) is 0 Å². The number of piperazine rings is 1. The summed E-state index contributed by atoms with van der Waals surface area (Å²) >= 11 is 0. The summed E-state index contributed by atoms with van der Waals surface area (Å²) in [5, 5.41) is 20.3. The minimum Gasteiger partial charge on any atom is -0.507 e. The zero-order chi connectivity index (χ0) is 24.0. The Bertz CT molecular complexity index is 985. The van der Waals surface area contributed by atoms with Gasteiger partial charge in [-0.3, -0.25) is 14.6 Å². The molecule has 9 heteroatoms. The number of aliphatic hydroxyl groups excluding tert-OH is 1. The van der Waals surface area contributed by atoms with Crippen LogP contribution in [0.2, 0.25) is 0 Å². The highest BCUT2D eigenvalue weighted by atomic mass is 16.5. The van der Waals surface area contributed by atoms with Crippen molar-refractivity contribution in [1.29, 1.82) is 0 Å². The van der Waals surface area contributed by atoms with Crippen molar-refractivity contribution >= 4 is 0 Å². The molecule has 182 valence electrons. The van der Waals surface area contributed by atoms with Crippen molar-refractivity contribution < 1.29 is 24.4 Å². The highest BCUT2D eigenvalue weighted by Crippen LogP contribution is 2.37. The topological polar surface area (TPSA) is 96.6 Å². The molecular weight excluding hydrogens is 426 g/mol. The fourth-order valence-electron chi connectivity index (χ4n) is 4.46. The number of aromatic nitrogens is 1. The first-order chi connectivity index (χ1) is 15.9. The van der Waals surface area contributed by atoms with E-state index < -0.39 is 6.04 Å². The molecule has 0 aliphatic carbocycles. The van der Waals surface area contributed by atoms with Gasteiger partial charge in [0.05, 0.1) is 39.0 Å². The molecule has 3 rings (SSSR count). The fourth-order valence-corrected chi connectivity index (χ4v) is 4.46. The van der Waals surface area contributed by atoms with Gasteiger partial charge in [0.25, 0.3) is 5.56 Å². The first-order valence-electron chi connectivity index (χ1n) is 11.2. The number of nitrogens with zero attached hydrogens (tertiary/aromatic N) is 3. The van der Waals surface area contributed by atoms with E-state index in [1.165, 1.54) is 0 Å². The van der Waals surface area contributed by atoms with E-state index in [9.17, 15) is 15.0 Å². The molecule has 1 aromatic heterocycles. The maximum absolute atomic E-state index is 13.6. The maximum Gasteiger partial charge on any atom is 0.259 e. The first kappa shape index (κ1) is 25.0. The van der Waals surface area contributed by atoms with E-state index in [0.29, 0.717) is 55.5 Å². The molecule has 2 aromatic rings. The van der Waals surface area contributed by atoms with Gasteiger partial charge in [-0.15, -0.1) is 0 Å². The van der Waals surface area contributed by atoms with Crippen molar-refractivity contribution in [2.24, 2.45) is 0 Å². The Balaban J connectivity index is 2.11. The van der Waals surface area contributed by atoms with Crippen molar-refractivity contribution in [3.8, 4) is 17.2 Å². The molecular formula is C24H35N3O6. The van der Waals surface area contributed by atoms with Gasteiger partial charge in [-0.2, -0.15) is 0 Å². The molecule has 0 unspecified atom stereocenters. The number of aliphatic hydroxyl groups is 1. The second-order valence-corrected chi connectivity index (χ2v) is 8.15. The number of pyridine rings is 1. The number of methoxy groups -OCH3 is 3. The molecule has 1 aliphatic heterocycles. The Hall–Kier alpha value is -2.59. The molecule has 0 bridgehead atoms. The minimum atomic E-state index is -0.469. The van der Waals surface area contributed by atoms with Gasteiger partial charge in [0, 0.05) is 52.1 Å². The highest BCUT2D eigenvalue weighted by Gasteiger charge is 2.32. The Morgan fingerprint density at radius 1 is 1.00 bits per heavy atom. The Labute approximate surface area is 194 Å². The van der Waals surface area contributed by atoms with E-state index in [4.69, 9.17) is 14.2 Å². The van der Waals surface area contributed by atoms with E-state index >= 15 is 0 Å². The largest absolute Gasteiger partial charge is 0.507 e. The van der Waals surface area contributed by atoms with Crippen molar-refractivity contribution in [2.75, 3.05) is 67.3 Å². The third-order valence-corrected chi connectivity index (χ3v) is 6.23. The number of benzene rings is 1. The molecule has 0 amide bonds. The van der Waals surface area contributed by atoms with Crippen LogP contribution in [0.1, 0.15) is 22.9 Å². The molecule has 2 heterocycles. The van der Waals surface area contributed by atoms with E-state index in [-0.39, 0.29) is 17.9 Å². The monoisotopic (exact) mass is 461 g/mol. The van der Waals surface area contributed by atoms with Crippen LogP contribution in [0.5, 0.6) is 17.2 Å². The van der Waals surface area contributed by atoms with Crippen LogP contribution in [0.15, 0.2) is 29.1 Å². The maximum atomic E-state index is 13.6. The SMILES string of the molecule is COCCn1c(C)cc(O)c([C@H](c2ccc(OC)c(OC)c2)N2CCN(CCO)CC2)c1=O. The van der Waals surface area contributed by atoms with Gasteiger partial charge in [-0.1, -0.05) is 6.07 Å². The highest BCUT2D eigenvalue weighted by molar-refractivity contribution is 5.48. The lowest BCUT2D eigenvalue weighted by Gasteiger charge is -2.39. The second-order valence-electron chi connectivity index (χ2n) is 8.15. The molecule has 1 aliphatic rings. The quantitative estimate of drug-likeness (QED) is 0.545. The van der Waals surface area contributed by atoms with Crippen LogP contribution in [-0.4, -0.2) is 91.8 Å². The number of β-amino-alcohol motifs (C(OH)–C–C–N with tert-alkyl or cyclic N) is 1. The van der Waals surface area contributed by atoms with Gasteiger partial charge in [0.1, 0.15) is 5.75 Å². The predicted molar refractivity (Wildman–Crippen MR) is 125 cm³/mol. The van der Waals surface area contributed by atoms with E-state index in [2.05, 4.69) is 9.80 Å². The summed E-state index contributed by atoms with van der Waals surface area (Å²) in [6.07, 6.45) is 0. The number of ether oxygens (including phenoxy) is 3. The van der Waals surface area contributed by atoms with Crippen LogP contribution < -0.4 is 15.0 Å². The van der Waals surface area contributed by atoms with Gasteiger partial charge < -0.3 is 29.0 Å². The summed E-state index contributed by atoms with van der Waals surface area (Å²) in [5.74, 6) is 1.13. The van der Waals surface area contributed by atoms with Crippen LogP contribution in [0.4, 0.5) is 0 Å². The van der Waals surface area contributed by atoms with Crippen LogP contribution in [0, 0.1) is 6.92 Å². The van der Waals surface area contributed by atoms with Crippen LogP contribution in [0.3, 0.4) is 0 Å². The number of rotatable bonds is 10. The molecule has 1 atom stereocenters. The lowest BCUT2D eigenvalue weighted by Crippen LogP contribution is -2.49. The van der Waals surface area contributed by atoms with Crippen molar-refractivity contribution in [3.63, 3.8) is 0 Å². The summed E-state index contributed by atoms with van der Waals surface area (Å²) < 4.78 is 17.7. The average molecular weight is 462 g/mol. The van der Waals surface area contributed by atoms with Gasteiger partial charge in [0.2, 0.25) is 0 Å². The van der Waals surface area contributed by atoms with E-state index in [0.717, 1.165) is 18.7 Å². The minimum absolute atomic E-state index is 0.0243. The molecule has 0 spiro atoms. The Morgan fingerprint density at radius 3 is 2.30 bits per heavy atom. The second kappa shape index (κ2) is 11.5. The molecule has 33 heavy (non-hydrogen) atoms. The van der Waals surface area contributed by atoms with Crippen molar-refractivity contribution in [1.82, 2.24) is 14.4 Å². The van der Waals surface area contributed by atoms with Gasteiger partial charge in [-0.05, 0) is 30.7 Å². The molecule has 2 N–H and O–H groups in total. The van der Waals surface area contributed by atoms with E-state index in [1.54, 1.807) is 38.9 Å².